The smallest absolute Gasteiger partial charge is 0.294 e. The number of H-pyrrole nitrogens is 1. The van der Waals surface area contributed by atoms with Crippen LogP contribution in [0.25, 0.3) is 10.9 Å². The van der Waals surface area contributed by atoms with E-state index in [1.807, 2.05) is 18.2 Å². The van der Waals surface area contributed by atoms with E-state index < -0.39 is 0 Å². The number of anilines is 1. The molecule has 0 atom stereocenters. The van der Waals surface area contributed by atoms with E-state index in [4.69, 9.17) is 13.9 Å². The summed E-state index contributed by atoms with van der Waals surface area (Å²) in [5, 5.41) is 0.829. The molecule has 0 spiro atoms. The molecule has 7 nitrogen and oxygen atoms in total. The van der Waals surface area contributed by atoms with Crippen LogP contribution in [0.4, 0.5) is 5.69 Å². The molecule has 0 aliphatic rings. The highest BCUT2D eigenvalue weighted by atomic mass is 16.5. The number of nitrogens with one attached hydrogen (secondary N) is 1. The van der Waals surface area contributed by atoms with Gasteiger partial charge in [0.05, 0.1) is 38.2 Å². The zero-order valence-electron chi connectivity index (χ0n) is 16.5. The highest BCUT2D eigenvalue weighted by molar-refractivity contribution is 6.05. The fraction of sp³-hybridized carbons (Fsp3) is 0.130. The maximum absolute atomic E-state index is 13.2. The first-order chi connectivity index (χ1) is 14.6. The summed E-state index contributed by atoms with van der Waals surface area (Å²) in [7, 11) is 3.10. The lowest BCUT2D eigenvalue weighted by molar-refractivity contribution is 0.0957. The lowest BCUT2D eigenvalue weighted by Crippen LogP contribution is -2.33. The van der Waals surface area contributed by atoms with Crippen LogP contribution in [0.15, 0.2) is 76.1 Å². The van der Waals surface area contributed by atoms with Crippen LogP contribution in [0.3, 0.4) is 0 Å². The molecule has 0 aliphatic carbocycles. The number of amides is 1. The van der Waals surface area contributed by atoms with Crippen LogP contribution < -0.4 is 19.9 Å². The Morgan fingerprint density at radius 3 is 2.60 bits per heavy atom. The Bertz CT molecular complexity index is 1240. The number of hydrogen-bond donors (Lipinski definition) is 1. The van der Waals surface area contributed by atoms with Gasteiger partial charge in [-0.2, -0.15) is 0 Å². The minimum absolute atomic E-state index is 0.0389. The molecule has 0 bridgehead atoms. The fourth-order valence-corrected chi connectivity index (χ4v) is 3.29. The first-order valence-corrected chi connectivity index (χ1v) is 9.29. The van der Waals surface area contributed by atoms with E-state index in [9.17, 15) is 9.59 Å². The van der Waals surface area contributed by atoms with Gasteiger partial charge in [-0.05, 0) is 47.9 Å². The van der Waals surface area contributed by atoms with E-state index in [1.165, 1.54) is 18.3 Å². The van der Waals surface area contributed by atoms with Gasteiger partial charge in [0.25, 0.3) is 11.5 Å². The number of ether oxygens (including phenoxy) is 2. The van der Waals surface area contributed by atoms with Gasteiger partial charge >= 0.3 is 0 Å². The second-order valence-electron chi connectivity index (χ2n) is 6.62. The number of hydrogen-bond acceptors (Lipinski definition) is 5. The predicted octanol–water partition coefficient (Wildman–Crippen LogP) is 3.99. The third-order valence-corrected chi connectivity index (χ3v) is 4.81. The highest BCUT2D eigenvalue weighted by Gasteiger charge is 2.24. The molecule has 1 amide bonds. The van der Waals surface area contributed by atoms with Crippen molar-refractivity contribution in [1.82, 2.24) is 4.98 Å². The third kappa shape index (κ3) is 3.65. The number of carbonyl (C=O) groups excluding carboxylic acids is 1. The topological polar surface area (TPSA) is 84.8 Å². The first kappa shape index (κ1) is 19.3. The van der Waals surface area contributed by atoms with Crippen molar-refractivity contribution in [1.29, 1.82) is 0 Å². The Balaban J connectivity index is 1.79. The van der Waals surface area contributed by atoms with Crippen LogP contribution in [0.2, 0.25) is 0 Å². The van der Waals surface area contributed by atoms with E-state index in [0.29, 0.717) is 28.3 Å². The molecular formula is C23H20N2O5. The van der Waals surface area contributed by atoms with Gasteiger partial charge in [-0.3, -0.25) is 14.5 Å². The van der Waals surface area contributed by atoms with Crippen LogP contribution in [0, 0.1) is 0 Å². The Kier molecular flexibility index (Phi) is 5.26. The van der Waals surface area contributed by atoms with Crippen molar-refractivity contribution in [2.75, 3.05) is 19.1 Å². The van der Waals surface area contributed by atoms with Crippen LogP contribution in [-0.2, 0) is 6.54 Å². The average Bonchev–Trinajstić information content (AvgIpc) is 3.32. The standard InChI is InChI=1S/C23H20N2O5/c1-28-17-10-9-15-12-16(22(26)24-18(15)13-17)14-25(23(27)21-8-5-11-30-21)19-6-3-4-7-20(19)29-2/h3-13H,14H2,1-2H3,(H,24,26). The Morgan fingerprint density at radius 1 is 1.03 bits per heavy atom. The number of aromatic amines is 1. The van der Waals surface area contributed by atoms with E-state index >= 15 is 0 Å². The molecule has 30 heavy (non-hydrogen) atoms. The first-order valence-electron chi connectivity index (χ1n) is 9.29. The Hall–Kier alpha value is -4.00. The number of para-hydroxylation sites is 2. The number of furan rings is 1. The molecule has 0 unspecified atom stereocenters. The van der Waals surface area contributed by atoms with E-state index in [2.05, 4.69) is 4.98 Å². The van der Waals surface area contributed by atoms with Gasteiger partial charge in [-0.25, -0.2) is 0 Å². The number of carbonyl (C=O) groups is 1. The van der Waals surface area contributed by atoms with Crippen molar-refractivity contribution in [3.8, 4) is 11.5 Å². The van der Waals surface area contributed by atoms with Crippen LogP contribution in [0.5, 0.6) is 11.5 Å². The molecule has 1 N–H and O–H groups in total. The van der Waals surface area contributed by atoms with Crippen LogP contribution in [0.1, 0.15) is 16.1 Å². The number of methoxy groups -OCH3 is 2. The molecule has 0 aliphatic heterocycles. The molecule has 4 aromatic rings. The maximum atomic E-state index is 13.2. The summed E-state index contributed by atoms with van der Waals surface area (Å²) < 4.78 is 16.0. The Morgan fingerprint density at radius 2 is 1.87 bits per heavy atom. The molecule has 2 aromatic heterocycles. The van der Waals surface area contributed by atoms with Gasteiger partial charge in [0, 0.05) is 11.6 Å². The minimum Gasteiger partial charge on any atom is -0.497 e. The monoisotopic (exact) mass is 404 g/mol. The predicted molar refractivity (Wildman–Crippen MR) is 113 cm³/mol. The number of pyridine rings is 1. The molecule has 2 heterocycles. The van der Waals surface area contributed by atoms with Gasteiger partial charge in [-0.1, -0.05) is 12.1 Å². The van der Waals surface area contributed by atoms with Crippen molar-refractivity contribution < 1.29 is 18.7 Å². The summed E-state index contributed by atoms with van der Waals surface area (Å²) in [6.45, 7) is 0.0389. The second-order valence-corrected chi connectivity index (χ2v) is 6.62. The van der Waals surface area contributed by atoms with E-state index in [-0.39, 0.29) is 23.8 Å². The number of aromatic nitrogens is 1. The van der Waals surface area contributed by atoms with Crippen molar-refractivity contribution in [3.05, 3.63) is 88.6 Å². The highest BCUT2D eigenvalue weighted by Crippen LogP contribution is 2.30. The molecule has 2 aromatic carbocycles. The van der Waals surface area contributed by atoms with Gasteiger partial charge in [0.15, 0.2) is 5.76 Å². The summed E-state index contributed by atoms with van der Waals surface area (Å²) in [4.78, 5) is 30.3. The molecule has 0 saturated carbocycles. The normalized spacial score (nSPS) is 10.7. The molecule has 152 valence electrons. The number of fused-ring (bicyclic) bond motifs is 1. The van der Waals surface area contributed by atoms with Gasteiger partial charge in [0.1, 0.15) is 11.5 Å². The molecule has 0 saturated heterocycles. The van der Waals surface area contributed by atoms with Crippen molar-refractivity contribution in [2.24, 2.45) is 0 Å². The lowest BCUT2D eigenvalue weighted by atomic mass is 10.1. The van der Waals surface area contributed by atoms with Crippen LogP contribution in [-0.4, -0.2) is 25.1 Å². The fourth-order valence-electron chi connectivity index (χ4n) is 3.29. The quantitative estimate of drug-likeness (QED) is 0.525. The van der Waals surface area contributed by atoms with Gasteiger partial charge in [-0.15, -0.1) is 0 Å². The SMILES string of the molecule is COc1ccc2cc(CN(C(=O)c3ccco3)c3ccccc3OC)c(=O)[nH]c2c1. The molecule has 7 heteroatoms. The minimum atomic E-state index is -0.376. The van der Waals surface area contributed by atoms with Crippen molar-refractivity contribution >= 4 is 22.5 Å². The summed E-state index contributed by atoms with van der Waals surface area (Å²) in [5.41, 5.74) is 1.33. The lowest BCUT2D eigenvalue weighted by Gasteiger charge is -2.23. The van der Waals surface area contributed by atoms with Crippen LogP contribution >= 0.6 is 0 Å². The van der Waals surface area contributed by atoms with Gasteiger partial charge < -0.3 is 18.9 Å². The molecule has 0 fully saturated rings. The maximum Gasteiger partial charge on any atom is 0.294 e. The summed E-state index contributed by atoms with van der Waals surface area (Å²) in [6, 6.07) is 17.6. The van der Waals surface area contributed by atoms with Crippen molar-refractivity contribution in [3.63, 3.8) is 0 Å². The average molecular weight is 404 g/mol. The zero-order valence-corrected chi connectivity index (χ0v) is 16.5. The number of benzene rings is 2. The van der Waals surface area contributed by atoms with E-state index in [1.54, 1.807) is 49.6 Å². The van der Waals surface area contributed by atoms with Gasteiger partial charge in [0.2, 0.25) is 0 Å². The Labute approximate surface area is 172 Å². The second kappa shape index (κ2) is 8.16. The largest absolute Gasteiger partial charge is 0.497 e. The molecular weight excluding hydrogens is 384 g/mol. The summed E-state index contributed by atoms with van der Waals surface area (Å²) in [5.74, 6) is 0.954. The van der Waals surface area contributed by atoms with E-state index in [0.717, 1.165) is 5.39 Å². The summed E-state index contributed by atoms with van der Waals surface area (Å²) >= 11 is 0. The number of rotatable bonds is 6. The zero-order chi connectivity index (χ0) is 21.1. The molecule has 4 rings (SSSR count). The van der Waals surface area contributed by atoms with Crippen molar-refractivity contribution in [2.45, 2.75) is 6.54 Å². The number of nitrogens with zero attached hydrogens (tertiary/aromatic N) is 1. The third-order valence-electron chi connectivity index (χ3n) is 4.81. The molecule has 0 radical (unpaired) electrons. The summed E-state index contributed by atoms with van der Waals surface area (Å²) in [6.07, 6.45) is 1.43.